The fourth-order valence-electron chi connectivity index (χ4n) is 4.46. The van der Waals surface area contributed by atoms with E-state index in [1.807, 2.05) is 24.3 Å². The van der Waals surface area contributed by atoms with Crippen LogP contribution in [-0.2, 0) is 23.8 Å². The molecule has 1 aliphatic rings. The van der Waals surface area contributed by atoms with Gasteiger partial charge in [0, 0.05) is 0 Å². The first-order valence-electron chi connectivity index (χ1n) is 13.9. The lowest BCUT2D eigenvalue weighted by Gasteiger charge is -2.28. The number of unbranched alkanes of at least 4 members (excludes halogenated alkanes) is 2. The summed E-state index contributed by atoms with van der Waals surface area (Å²) in [5.74, 6) is -0.780. The van der Waals surface area contributed by atoms with Crippen molar-refractivity contribution in [2.45, 2.75) is 77.2 Å². The third-order valence-electron chi connectivity index (χ3n) is 7.06. The number of carbonyl (C=O) groups excluding carboxylic acids is 2. The molecule has 0 aromatic heterocycles. The minimum absolute atomic E-state index is 0.0308. The number of aliphatic hydroxyl groups is 2. The fraction of sp³-hybridized carbons (Fsp3) is 0.667. The van der Waals surface area contributed by atoms with Crippen molar-refractivity contribution >= 4 is 11.9 Å². The van der Waals surface area contributed by atoms with E-state index in [1.54, 1.807) is 6.92 Å². The lowest BCUT2D eigenvalue weighted by Crippen LogP contribution is -2.24. The first kappa shape index (κ1) is 31.8. The standard InChI is InChI=1S/C30H46O8/c1-4-5-6-7-24-8-12-27(13-9-24)35-16-17-36-28-14-10-25(11-15-28)26(20-37-29(33)22(2)18-31)21-38-30(34)23(3)19-32/h10-11,14-15,23-24,26-27,31-32H,2,4-9,12-13,16-21H2,1,3H3. The number of aliphatic hydroxyl groups excluding tert-OH is 2. The molecule has 1 aromatic rings. The van der Waals surface area contributed by atoms with Crippen molar-refractivity contribution < 1.29 is 38.7 Å². The molecule has 2 atom stereocenters. The van der Waals surface area contributed by atoms with Gasteiger partial charge in [0.1, 0.15) is 25.6 Å². The van der Waals surface area contributed by atoms with Crippen LogP contribution in [0.25, 0.3) is 0 Å². The van der Waals surface area contributed by atoms with Crippen molar-refractivity contribution in [3.8, 4) is 5.75 Å². The highest BCUT2D eigenvalue weighted by molar-refractivity contribution is 5.87. The molecule has 1 aliphatic carbocycles. The van der Waals surface area contributed by atoms with Crippen molar-refractivity contribution in [2.75, 3.05) is 39.6 Å². The molecule has 0 spiro atoms. The molecule has 0 amide bonds. The minimum atomic E-state index is -0.711. The number of hydrogen-bond donors (Lipinski definition) is 2. The van der Waals surface area contributed by atoms with Gasteiger partial charge in [-0.05, 0) is 56.2 Å². The molecular weight excluding hydrogens is 488 g/mol. The van der Waals surface area contributed by atoms with Crippen LogP contribution in [0.4, 0.5) is 0 Å². The number of benzene rings is 1. The summed E-state index contributed by atoms with van der Waals surface area (Å²) in [4.78, 5) is 24.0. The zero-order valence-corrected chi connectivity index (χ0v) is 23.1. The van der Waals surface area contributed by atoms with Crippen LogP contribution in [0.5, 0.6) is 5.75 Å². The summed E-state index contributed by atoms with van der Waals surface area (Å²) in [6.07, 6.45) is 10.4. The van der Waals surface area contributed by atoms with E-state index in [-0.39, 0.29) is 25.4 Å². The predicted octanol–water partition coefficient (Wildman–Crippen LogP) is 4.57. The first-order chi connectivity index (χ1) is 18.4. The number of carbonyl (C=O) groups is 2. The summed E-state index contributed by atoms with van der Waals surface area (Å²) in [5, 5.41) is 18.2. The Morgan fingerprint density at radius 3 is 2.32 bits per heavy atom. The Morgan fingerprint density at radius 1 is 1.00 bits per heavy atom. The average Bonchev–Trinajstić information content (AvgIpc) is 2.95. The number of hydrogen-bond acceptors (Lipinski definition) is 8. The van der Waals surface area contributed by atoms with E-state index in [0.717, 1.165) is 24.3 Å². The van der Waals surface area contributed by atoms with E-state index in [0.29, 0.717) is 25.1 Å². The molecule has 0 heterocycles. The first-order valence-corrected chi connectivity index (χ1v) is 13.9. The smallest absolute Gasteiger partial charge is 0.335 e. The molecule has 0 bridgehead atoms. The molecule has 1 aromatic carbocycles. The van der Waals surface area contributed by atoms with E-state index in [9.17, 15) is 9.59 Å². The van der Waals surface area contributed by atoms with Gasteiger partial charge in [0.15, 0.2) is 0 Å². The second kappa shape index (κ2) is 18.0. The Balaban J connectivity index is 1.80. The topological polar surface area (TPSA) is 112 Å². The Hall–Kier alpha value is -2.42. The molecule has 214 valence electrons. The summed E-state index contributed by atoms with van der Waals surface area (Å²) in [6, 6.07) is 7.30. The molecule has 8 heteroatoms. The van der Waals surface area contributed by atoms with Gasteiger partial charge in [0.25, 0.3) is 0 Å². The molecule has 0 radical (unpaired) electrons. The van der Waals surface area contributed by atoms with Gasteiger partial charge in [-0.2, -0.15) is 0 Å². The van der Waals surface area contributed by atoms with Gasteiger partial charge in [-0.3, -0.25) is 4.79 Å². The van der Waals surface area contributed by atoms with Gasteiger partial charge in [0.05, 0.1) is 43.3 Å². The van der Waals surface area contributed by atoms with Gasteiger partial charge in [-0.15, -0.1) is 0 Å². The molecule has 0 saturated heterocycles. The molecule has 2 N–H and O–H groups in total. The molecule has 0 aliphatic heterocycles. The van der Waals surface area contributed by atoms with Crippen molar-refractivity contribution in [3.63, 3.8) is 0 Å². The van der Waals surface area contributed by atoms with Crippen LogP contribution < -0.4 is 4.74 Å². The molecule has 8 nitrogen and oxygen atoms in total. The summed E-state index contributed by atoms with van der Waals surface area (Å²) in [7, 11) is 0. The molecule has 2 unspecified atom stereocenters. The zero-order chi connectivity index (χ0) is 27.8. The van der Waals surface area contributed by atoms with Crippen LogP contribution >= 0.6 is 0 Å². The van der Waals surface area contributed by atoms with Gasteiger partial charge < -0.3 is 29.2 Å². The van der Waals surface area contributed by atoms with Crippen LogP contribution in [0, 0.1) is 11.8 Å². The lowest BCUT2D eigenvalue weighted by atomic mass is 9.84. The monoisotopic (exact) mass is 534 g/mol. The Kier molecular flexibility index (Phi) is 15.0. The fourth-order valence-corrected chi connectivity index (χ4v) is 4.46. The third-order valence-corrected chi connectivity index (χ3v) is 7.06. The van der Waals surface area contributed by atoms with Crippen LogP contribution in [-0.4, -0.2) is 67.9 Å². The highest BCUT2D eigenvalue weighted by Crippen LogP contribution is 2.30. The number of ether oxygens (including phenoxy) is 4. The third kappa shape index (κ3) is 11.5. The van der Waals surface area contributed by atoms with Crippen molar-refractivity contribution in [1.82, 2.24) is 0 Å². The summed E-state index contributed by atoms with van der Waals surface area (Å²) in [6.45, 7) is 7.37. The normalized spacial score (nSPS) is 18.8. The second-order valence-electron chi connectivity index (χ2n) is 10.2. The van der Waals surface area contributed by atoms with E-state index in [2.05, 4.69) is 13.5 Å². The highest BCUT2D eigenvalue weighted by atomic mass is 16.5. The maximum atomic E-state index is 12.0. The van der Waals surface area contributed by atoms with Gasteiger partial charge in [-0.1, -0.05) is 51.3 Å². The van der Waals surface area contributed by atoms with Crippen molar-refractivity contribution in [3.05, 3.63) is 42.0 Å². The van der Waals surface area contributed by atoms with E-state index >= 15 is 0 Å². The number of esters is 2. The Labute approximate surface area is 227 Å². The van der Waals surface area contributed by atoms with E-state index < -0.39 is 30.4 Å². The quantitative estimate of drug-likeness (QED) is 0.160. The minimum Gasteiger partial charge on any atom is -0.491 e. The van der Waals surface area contributed by atoms with E-state index in [4.69, 9.17) is 29.2 Å². The second-order valence-corrected chi connectivity index (χ2v) is 10.2. The van der Waals surface area contributed by atoms with Crippen LogP contribution in [0.1, 0.15) is 76.7 Å². The predicted molar refractivity (Wildman–Crippen MR) is 145 cm³/mol. The molecule has 2 rings (SSSR count). The van der Waals surface area contributed by atoms with Crippen LogP contribution in [0.15, 0.2) is 36.4 Å². The lowest BCUT2D eigenvalue weighted by molar-refractivity contribution is -0.150. The Bertz CT molecular complexity index is 829. The summed E-state index contributed by atoms with van der Waals surface area (Å²) >= 11 is 0. The summed E-state index contributed by atoms with van der Waals surface area (Å²) in [5.41, 5.74) is 0.733. The van der Waals surface area contributed by atoms with Gasteiger partial charge >= 0.3 is 11.9 Å². The van der Waals surface area contributed by atoms with Gasteiger partial charge in [-0.25, -0.2) is 4.79 Å². The van der Waals surface area contributed by atoms with Gasteiger partial charge in [0.2, 0.25) is 0 Å². The largest absolute Gasteiger partial charge is 0.491 e. The SMILES string of the molecule is C=C(CO)C(=O)OCC(COC(=O)C(C)CO)c1ccc(OCCOC2CCC(CCCCC)CC2)cc1. The zero-order valence-electron chi connectivity index (χ0n) is 23.1. The van der Waals surface area contributed by atoms with E-state index in [1.165, 1.54) is 38.5 Å². The average molecular weight is 535 g/mol. The Morgan fingerprint density at radius 2 is 1.68 bits per heavy atom. The van der Waals surface area contributed by atoms with Crippen molar-refractivity contribution in [2.24, 2.45) is 11.8 Å². The summed E-state index contributed by atoms with van der Waals surface area (Å²) < 4.78 is 22.4. The number of rotatable bonds is 18. The van der Waals surface area contributed by atoms with Crippen molar-refractivity contribution in [1.29, 1.82) is 0 Å². The van der Waals surface area contributed by atoms with Crippen LogP contribution in [0.3, 0.4) is 0 Å². The molecular formula is C30H46O8. The van der Waals surface area contributed by atoms with Crippen LogP contribution in [0.2, 0.25) is 0 Å². The maximum Gasteiger partial charge on any atom is 0.335 e. The highest BCUT2D eigenvalue weighted by Gasteiger charge is 2.22. The molecule has 38 heavy (non-hydrogen) atoms. The maximum absolute atomic E-state index is 12.0. The molecule has 1 fully saturated rings. The molecule has 1 saturated carbocycles.